The molecule has 2 heterocycles. The van der Waals surface area contributed by atoms with E-state index >= 15 is 0 Å². The predicted octanol–water partition coefficient (Wildman–Crippen LogP) is 2.04. The van der Waals surface area contributed by atoms with Crippen molar-refractivity contribution in [2.24, 2.45) is 16.0 Å². The number of benzene rings is 1. The second-order valence-corrected chi connectivity index (χ2v) is 5.09. The summed E-state index contributed by atoms with van der Waals surface area (Å²) in [5.74, 6) is -1.79. The molecule has 0 bridgehead atoms. The monoisotopic (exact) mass is 339 g/mol. The fraction of sp³-hybridized carbons (Fsp3) is 0.0625. The summed E-state index contributed by atoms with van der Waals surface area (Å²) in [6.07, 6.45) is 1.58. The number of fused-ring (bicyclic) bond motifs is 1. The zero-order valence-corrected chi connectivity index (χ0v) is 12.8. The lowest BCUT2D eigenvalue weighted by molar-refractivity contribution is 0.0692. The molecule has 25 heavy (non-hydrogen) atoms. The number of hydrogen-bond acceptors (Lipinski definition) is 6. The van der Waals surface area contributed by atoms with E-state index in [2.05, 4.69) is 15.2 Å². The summed E-state index contributed by atoms with van der Waals surface area (Å²) in [6.45, 7) is -0.286. The molecule has 3 rings (SSSR count). The number of carbonyl (C=O) groups is 2. The predicted molar refractivity (Wildman–Crippen MR) is 87.2 cm³/mol. The van der Waals surface area contributed by atoms with E-state index in [1.807, 2.05) is 0 Å². The SMILES string of the molecule is NC(=O)c1ccc(N=Nc2c(C(=O)O)nc3c(CO)cccn23)cc1. The molecule has 1 aromatic carbocycles. The number of hydrogen-bond donors (Lipinski definition) is 3. The first kappa shape index (κ1) is 16.3. The number of carbonyl (C=O) groups excluding carboxylic acids is 1. The molecule has 4 N–H and O–H groups in total. The lowest BCUT2D eigenvalue weighted by atomic mass is 10.2. The number of carboxylic acids is 1. The quantitative estimate of drug-likeness (QED) is 0.609. The summed E-state index contributed by atoms with van der Waals surface area (Å²) in [5, 5.41) is 26.7. The van der Waals surface area contributed by atoms with E-state index in [0.717, 1.165) is 0 Å². The van der Waals surface area contributed by atoms with Crippen LogP contribution in [0.3, 0.4) is 0 Å². The molecule has 0 saturated heterocycles. The van der Waals surface area contributed by atoms with Crippen LogP contribution < -0.4 is 5.73 Å². The molecular weight excluding hydrogens is 326 g/mol. The molecular formula is C16H13N5O4. The fourth-order valence-corrected chi connectivity index (χ4v) is 2.27. The highest BCUT2D eigenvalue weighted by Crippen LogP contribution is 2.26. The maximum Gasteiger partial charge on any atom is 0.358 e. The summed E-state index contributed by atoms with van der Waals surface area (Å²) < 4.78 is 1.44. The molecule has 2 aromatic heterocycles. The first-order chi connectivity index (χ1) is 12.0. The lowest BCUT2D eigenvalue weighted by Gasteiger charge is -2.00. The third-order valence-corrected chi connectivity index (χ3v) is 3.49. The highest BCUT2D eigenvalue weighted by Gasteiger charge is 2.19. The molecule has 0 aliphatic carbocycles. The van der Waals surface area contributed by atoms with Gasteiger partial charge in [-0.25, -0.2) is 9.78 Å². The van der Waals surface area contributed by atoms with Crippen molar-refractivity contribution in [1.82, 2.24) is 9.38 Å². The largest absolute Gasteiger partial charge is 0.476 e. The van der Waals surface area contributed by atoms with E-state index in [4.69, 9.17) is 5.73 Å². The molecule has 9 heteroatoms. The van der Waals surface area contributed by atoms with Gasteiger partial charge in [-0.2, -0.15) is 0 Å². The van der Waals surface area contributed by atoms with E-state index in [9.17, 15) is 19.8 Å². The van der Waals surface area contributed by atoms with Crippen molar-refractivity contribution in [1.29, 1.82) is 0 Å². The first-order valence-corrected chi connectivity index (χ1v) is 7.17. The van der Waals surface area contributed by atoms with E-state index < -0.39 is 11.9 Å². The van der Waals surface area contributed by atoms with Gasteiger partial charge in [-0.3, -0.25) is 9.20 Å². The molecule has 126 valence electrons. The number of aliphatic hydroxyl groups is 1. The Kier molecular flexibility index (Phi) is 4.23. The third kappa shape index (κ3) is 3.08. The van der Waals surface area contributed by atoms with Gasteiger partial charge in [0.25, 0.3) is 0 Å². The smallest absolute Gasteiger partial charge is 0.358 e. The van der Waals surface area contributed by atoms with Crippen LogP contribution in [0.4, 0.5) is 11.5 Å². The number of aromatic nitrogens is 2. The Balaban J connectivity index is 2.06. The summed E-state index contributed by atoms with van der Waals surface area (Å²) in [4.78, 5) is 26.5. The highest BCUT2D eigenvalue weighted by molar-refractivity contribution is 5.93. The maximum atomic E-state index is 11.4. The van der Waals surface area contributed by atoms with Crippen LogP contribution >= 0.6 is 0 Å². The number of nitrogens with zero attached hydrogens (tertiary/aromatic N) is 4. The van der Waals surface area contributed by atoms with Crippen molar-refractivity contribution < 1.29 is 19.8 Å². The molecule has 3 aromatic rings. The molecule has 0 spiro atoms. The Labute approximate surface area is 141 Å². The zero-order valence-electron chi connectivity index (χ0n) is 12.8. The minimum absolute atomic E-state index is 0.0248. The Bertz CT molecular complexity index is 992. The Morgan fingerprint density at radius 2 is 1.88 bits per heavy atom. The summed E-state index contributed by atoms with van der Waals surface area (Å²) in [6, 6.07) is 9.34. The van der Waals surface area contributed by atoms with Crippen molar-refractivity contribution in [2.45, 2.75) is 6.61 Å². The Hall–Kier alpha value is -3.59. The lowest BCUT2D eigenvalue weighted by Crippen LogP contribution is -2.10. The number of carboxylic acid groups (broad SMARTS) is 1. The standard InChI is InChI=1S/C16H13N5O4/c17-13(23)9-3-5-11(6-4-9)19-20-15-12(16(24)25)18-14-10(8-22)2-1-7-21(14)15/h1-7,22H,8H2,(H2,17,23)(H,24,25). The van der Waals surface area contributed by atoms with Crippen molar-refractivity contribution in [3.8, 4) is 0 Å². The van der Waals surface area contributed by atoms with Crippen LogP contribution in [0, 0.1) is 0 Å². The van der Waals surface area contributed by atoms with Crippen LogP contribution in [0.25, 0.3) is 5.65 Å². The van der Waals surface area contributed by atoms with Crippen LogP contribution in [-0.2, 0) is 6.61 Å². The van der Waals surface area contributed by atoms with Crippen LogP contribution in [0.1, 0.15) is 26.4 Å². The van der Waals surface area contributed by atoms with Gasteiger partial charge in [0, 0.05) is 17.3 Å². The average Bonchev–Trinajstić information content (AvgIpc) is 2.99. The summed E-state index contributed by atoms with van der Waals surface area (Å²) >= 11 is 0. The maximum absolute atomic E-state index is 11.4. The first-order valence-electron chi connectivity index (χ1n) is 7.17. The number of pyridine rings is 1. The van der Waals surface area contributed by atoms with E-state index in [0.29, 0.717) is 22.5 Å². The van der Waals surface area contributed by atoms with Gasteiger partial charge in [0.15, 0.2) is 11.5 Å². The van der Waals surface area contributed by atoms with E-state index in [-0.39, 0.29) is 18.1 Å². The molecule has 9 nitrogen and oxygen atoms in total. The number of aliphatic hydroxyl groups excluding tert-OH is 1. The van der Waals surface area contributed by atoms with E-state index in [1.165, 1.54) is 28.7 Å². The molecule has 0 radical (unpaired) electrons. The number of imidazole rings is 1. The minimum Gasteiger partial charge on any atom is -0.476 e. The number of aromatic carboxylic acids is 1. The number of primary amides is 1. The van der Waals surface area contributed by atoms with Crippen molar-refractivity contribution in [3.63, 3.8) is 0 Å². The van der Waals surface area contributed by atoms with E-state index in [1.54, 1.807) is 18.3 Å². The second-order valence-electron chi connectivity index (χ2n) is 5.09. The molecule has 0 aliphatic heterocycles. The second kappa shape index (κ2) is 6.49. The van der Waals surface area contributed by atoms with Gasteiger partial charge in [-0.15, -0.1) is 10.2 Å². The zero-order chi connectivity index (χ0) is 18.0. The summed E-state index contributed by atoms with van der Waals surface area (Å²) in [7, 11) is 0. The van der Waals surface area contributed by atoms with Gasteiger partial charge in [0.1, 0.15) is 5.65 Å². The van der Waals surface area contributed by atoms with Crippen LogP contribution in [0.5, 0.6) is 0 Å². The molecule has 0 saturated carbocycles. The van der Waals surface area contributed by atoms with Gasteiger partial charge in [0.2, 0.25) is 5.91 Å². The van der Waals surface area contributed by atoms with Crippen LogP contribution in [-0.4, -0.2) is 31.5 Å². The highest BCUT2D eigenvalue weighted by atomic mass is 16.4. The summed E-state index contributed by atoms with van der Waals surface area (Å²) in [5.41, 5.74) is 6.39. The topological polar surface area (TPSA) is 143 Å². The van der Waals surface area contributed by atoms with Gasteiger partial charge in [-0.1, -0.05) is 6.07 Å². The third-order valence-electron chi connectivity index (χ3n) is 3.49. The normalized spacial score (nSPS) is 11.2. The Morgan fingerprint density at radius 3 is 2.48 bits per heavy atom. The van der Waals surface area contributed by atoms with Gasteiger partial charge in [-0.05, 0) is 30.3 Å². The molecule has 0 unspecified atom stereocenters. The fourth-order valence-electron chi connectivity index (χ4n) is 2.27. The minimum atomic E-state index is -1.26. The molecule has 0 aliphatic rings. The average molecular weight is 339 g/mol. The molecule has 1 amide bonds. The number of amides is 1. The number of rotatable bonds is 5. The number of nitrogens with two attached hydrogens (primary N) is 1. The van der Waals surface area contributed by atoms with Gasteiger partial charge in [0.05, 0.1) is 12.3 Å². The van der Waals surface area contributed by atoms with Crippen LogP contribution in [0.15, 0.2) is 52.8 Å². The van der Waals surface area contributed by atoms with Gasteiger partial charge >= 0.3 is 5.97 Å². The number of azo groups is 1. The molecule has 0 atom stereocenters. The Morgan fingerprint density at radius 1 is 1.16 bits per heavy atom. The van der Waals surface area contributed by atoms with Crippen molar-refractivity contribution in [2.75, 3.05) is 0 Å². The van der Waals surface area contributed by atoms with Crippen LogP contribution in [0.2, 0.25) is 0 Å². The van der Waals surface area contributed by atoms with Crippen molar-refractivity contribution in [3.05, 3.63) is 59.4 Å². The van der Waals surface area contributed by atoms with Crippen molar-refractivity contribution >= 4 is 29.0 Å². The molecule has 0 fully saturated rings. The van der Waals surface area contributed by atoms with Gasteiger partial charge < -0.3 is 15.9 Å².